The first-order valence-electron chi connectivity index (χ1n) is 2.77. The Hall–Kier alpha value is -0.310. The molecule has 0 aromatic carbocycles. The number of hydrogen-bond donors (Lipinski definition) is 1. The topological polar surface area (TPSA) is 37.3 Å². The van der Waals surface area contributed by atoms with E-state index in [9.17, 15) is 4.79 Å². The fourth-order valence-electron chi connectivity index (χ4n) is 0.358. The van der Waals surface area contributed by atoms with Crippen LogP contribution in [0.1, 0.15) is 19.8 Å². The molecule has 9 heavy (non-hydrogen) atoms. The van der Waals surface area contributed by atoms with Gasteiger partial charge in [-0.05, 0) is 22.4 Å². The summed E-state index contributed by atoms with van der Waals surface area (Å²) in [6, 6.07) is 0. The predicted octanol–water partition coefficient (Wildman–Crippen LogP) is 2.15. The lowest BCUT2D eigenvalue weighted by Gasteiger charge is -1.87. The molecule has 0 aromatic rings. The minimum Gasteiger partial charge on any atom is -0.477 e. The second-order valence-corrected chi connectivity index (χ2v) is 2.50. The van der Waals surface area contributed by atoms with Crippen LogP contribution in [0.25, 0.3) is 0 Å². The lowest BCUT2D eigenvalue weighted by Crippen LogP contribution is -1.92. The molecule has 0 heterocycles. The van der Waals surface area contributed by atoms with Crippen LogP contribution in [0, 0.1) is 0 Å². The summed E-state index contributed by atoms with van der Waals surface area (Å²) in [5.41, 5.74) is 0. The number of carboxylic acids is 1. The van der Waals surface area contributed by atoms with Gasteiger partial charge in [-0.25, -0.2) is 4.79 Å². The highest BCUT2D eigenvalue weighted by atomic mass is 79.9. The molecule has 0 bridgehead atoms. The van der Waals surface area contributed by atoms with Gasteiger partial charge >= 0.3 is 5.97 Å². The Bertz CT molecular complexity index is 129. The molecule has 0 aromatic heterocycles. The van der Waals surface area contributed by atoms with Gasteiger partial charge in [-0.1, -0.05) is 19.4 Å². The lowest BCUT2D eigenvalue weighted by molar-refractivity contribution is -0.131. The standard InChI is InChI=1S/C6H9BrO2/c1-2-3-4-5(7)6(8)9/h4H,2-3H2,1H3,(H,8,9)/b5-4+. The first-order valence-corrected chi connectivity index (χ1v) is 3.56. The summed E-state index contributed by atoms with van der Waals surface area (Å²) in [6.45, 7) is 2.00. The predicted molar refractivity (Wildman–Crippen MR) is 39.6 cm³/mol. The van der Waals surface area contributed by atoms with E-state index in [0.717, 1.165) is 12.8 Å². The number of carbonyl (C=O) groups is 1. The molecular weight excluding hydrogens is 184 g/mol. The third kappa shape index (κ3) is 4.21. The quantitative estimate of drug-likeness (QED) is 0.697. The van der Waals surface area contributed by atoms with Crippen LogP contribution in [0.4, 0.5) is 0 Å². The molecule has 0 saturated heterocycles. The fraction of sp³-hybridized carbons (Fsp3) is 0.500. The molecule has 0 radical (unpaired) electrons. The van der Waals surface area contributed by atoms with Crippen molar-refractivity contribution >= 4 is 21.9 Å². The second-order valence-electron chi connectivity index (χ2n) is 1.65. The Labute approximate surface area is 62.7 Å². The number of hydrogen-bond acceptors (Lipinski definition) is 1. The van der Waals surface area contributed by atoms with E-state index < -0.39 is 5.97 Å². The smallest absolute Gasteiger partial charge is 0.342 e. The van der Waals surface area contributed by atoms with Crippen molar-refractivity contribution in [2.45, 2.75) is 19.8 Å². The number of halogens is 1. The molecule has 0 amide bonds. The monoisotopic (exact) mass is 192 g/mol. The Morgan fingerprint density at radius 3 is 2.67 bits per heavy atom. The van der Waals surface area contributed by atoms with Crippen molar-refractivity contribution in [1.82, 2.24) is 0 Å². The first-order chi connectivity index (χ1) is 4.18. The third-order valence-corrected chi connectivity index (χ3v) is 1.48. The van der Waals surface area contributed by atoms with E-state index in [1.165, 1.54) is 0 Å². The number of unbranched alkanes of at least 4 members (excludes halogenated alkanes) is 1. The molecule has 52 valence electrons. The molecule has 0 aliphatic rings. The molecule has 0 fully saturated rings. The minimum absolute atomic E-state index is 0.254. The zero-order valence-corrected chi connectivity index (χ0v) is 6.81. The van der Waals surface area contributed by atoms with Crippen molar-refractivity contribution in [2.24, 2.45) is 0 Å². The van der Waals surface area contributed by atoms with Crippen molar-refractivity contribution in [1.29, 1.82) is 0 Å². The van der Waals surface area contributed by atoms with Crippen molar-refractivity contribution < 1.29 is 9.90 Å². The van der Waals surface area contributed by atoms with E-state index in [0.29, 0.717) is 0 Å². The van der Waals surface area contributed by atoms with Gasteiger partial charge in [0.1, 0.15) is 0 Å². The highest BCUT2D eigenvalue weighted by molar-refractivity contribution is 9.12. The zero-order valence-electron chi connectivity index (χ0n) is 5.22. The summed E-state index contributed by atoms with van der Waals surface area (Å²) in [6.07, 6.45) is 3.44. The van der Waals surface area contributed by atoms with Gasteiger partial charge in [0.05, 0.1) is 4.48 Å². The summed E-state index contributed by atoms with van der Waals surface area (Å²) in [4.78, 5) is 10.1. The average Bonchev–Trinajstić information content (AvgIpc) is 1.82. The molecular formula is C6H9BrO2. The third-order valence-electron chi connectivity index (χ3n) is 0.817. The lowest BCUT2D eigenvalue weighted by atomic mass is 10.3. The summed E-state index contributed by atoms with van der Waals surface area (Å²) in [7, 11) is 0. The van der Waals surface area contributed by atoms with Crippen LogP contribution in [0.2, 0.25) is 0 Å². The average molecular weight is 193 g/mol. The van der Waals surface area contributed by atoms with Gasteiger partial charge in [0.15, 0.2) is 0 Å². The second kappa shape index (κ2) is 4.56. The van der Waals surface area contributed by atoms with Crippen molar-refractivity contribution in [3.8, 4) is 0 Å². The molecule has 0 unspecified atom stereocenters. The molecule has 3 heteroatoms. The van der Waals surface area contributed by atoms with E-state index in [-0.39, 0.29) is 4.48 Å². The van der Waals surface area contributed by atoms with Gasteiger partial charge in [0.2, 0.25) is 0 Å². The summed E-state index contributed by atoms with van der Waals surface area (Å²) in [5, 5.41) is 8.29. The maximum Gasteiger partial charge on any atom is 0.342 e. The Kier molecular flexibility index (Phi) is 4.40. The van der Waals surface area contributed by atoms with Crippen molar-refractivity contribution in [2.75, 3.05) is 0 Å². The van der Waals surface area contributed by atoms with Gasteiger partial charge in [0, 0.05) is 0 Å². The van der Waals surface area contributed by atoms with Gasteiger partial charge < -0.3 is 5.11 Å². The van der Waals surface area contributed by atoms with Crippen LogP contribution in [-0.4, -0.2) is 11.1 Å². The maximum absolute atomic E-state index is 10.1. The highest BCUT2D eigenvalue weighted by Crippen LogP contribution is 2.06. The van der Waals surface area contributed by atoms with Crippen LogP contribution in [0.15, 0.2) is 10.6 Å². The van der Waals surface area contributed by atoms with Gasteiger partial charge in [-0.3, -0.25) is 0 Å². The molecule has 0 rings (SSSR count). The van der Waals surface area contributed by atoms with Crippen LogP contribution in [0.5, 0.6) is 0 Å². The van der Waals surface area contributed by atoms with Crippen LogP contribution < -0.4 is 0 Å². The zero-order chi connectivity index (χ0) is 7.28. The molecule has 0 saturated carbocycles. The Morgan fingerprint density at radius 2 is 2.33 bits per heavy atom. The molecule has 1 N–H and O–H groups in total. The summed E-state index contributed by atoms with van der Waals surface area (Å²) < 4.78 is 0.254. The number of carboxylic acid groups (broad SMARTS) is 1. The molecule has 0 aliphatic carbocycles. The van der Waals surface area contributed by atoms with Gasteiger partial charge in [-0.2, -0.15) is 0 Å². The van der Waals surface area contributed by atoms with E-state index in [2.05, 4.69) is 15.9 Å². The van der Waals surface area contributed by atoms with E-state index >= 15 is 0 Å². The first kappa shape index (κ1) is 8.69. The Balaban J connectivity index is 3.69. The van der Waals surface area contributed by atoms with Gasteiger partial charge in [0.25, 0.3) is 0 Å². The molecule has 0 atom stereocenters. The number of aliphatic carboxylic acids is 1. The SMILES string of the molecule is CCC/C=C(/Br)C(=O)O. The molecule has 0 aliphatic heterocycles. The van der Waals surface area contributed by atoms with Crippen LogP contribution in [0.3, 0.4) is 0 Å². The van der Waals surface area contributed by atoms with Gasteiger partial charge in [-0.15, -0.1) is 0 Å². The highest BCUT2D eigenvalue weighted by Gasteiger charge is 1.98. The number of allylic oxidation sites excluding steroid dienone is 1. The Morgan fingerprint density at radius 1 is 1.78 bits per heavy atom. The molecule has 0 spiro atoms. The van der Waals surface area contributed by atoms with E-state index in [1.54, 1.807) is 6.08 Å². The molecule has 2 nitrogen and oxygen atoms in total. The minimum atomic E-state index is -0.900. The van der Waals surface area contributed by atoms with Crippen LogP contribution >= 0.6 is 15.9 Å². The van der Waals surface area contributed by atoms with E-state index in [1.807, 2.05) is 6.92 Å². The summed E-state index contributed by atoms with van der Waals surface area (Å²) >= 11 is 2.90. The van der Waals surface area contributed by atoms with Crippen molar-refractivity contribution in [3.63, 3.8) is 0 Å². The summed E-state index contributed by atoms with van der Waals surface area (Å²) in [5.74, 6) is -0.900. The normalized spacial score (nSPS) is 11.6. The van der Waals surface area contributed by atoms with E-state index in [4.69, 9.17) is 5.11 Å². The maximum atomic E-state index is 10.1. The largest absolute Gasteiger partial charge is 0.477 e. The number of rotatable bonds is 3. The van der Waals surface area contributed by atoms with Crippen LogP contribution in [-0.2, 0) is 4.79 Å². The van der Waals surface area contributed by atoms with Crippen molar-refractivity contribution in [3.05, 3.63) is 10.6 Å². The fourth-order valence-corrected chi connectivity index (χ4v) is 0.587.